The van der Waals surface area contributed by atoms with Crippen LogP contribution in [0.4, 0.5) is 34.1 Å². The smallest absolute Gasteiger partial charge is 0.0887 e. The number of hydrogen-bond acceptors (Lipinski definition) is 3. The number of anilines is 6. The maximum absolute atomic E-state index is 8.59. The number of benzene rings is 8. The van der Waals surface area contributed by atoms with E-state index in [-0.39, 0.29) is 48.7 Å². The predicted molar refractivity (Wildman–Crippen MR) is 379 cm³/mol. The molecule has 0 unspecified atom stereocenters. The first-order valence-corrected chi connectivity index (χ1v) is 33.4. The van der Waals surface area contributed by atoms with Crippen LogP contribution in [-0.4, -0.2) is 0 Å². The Kier molecular flexibility index (Phi) is 14.0. The van der Waals surface area contributed by atoms with Crippen molar-refractivity contribution >= 4 is 67.1 Å². The van der Waals surface area contributed by atoms with Crippen LogP contribution in [0.3, 0.4) is 0 Å². The Morgan fingerprint density at radius 3 is 1.31 bits per heavy atom. The molecule has 0 bridgehead atoms. The van der Waals surface area contributed by atoms with Gasteiger partial charge in [-0.05, 0) is 191 Å². The largest absolute Gasteiger partial charge is 0.308 e. The summed E-state index contributed by atoms with van der Waals surface area (Å²) in [6, 6.07) is 57.5. The lowest BCUT2D eigenvalue weighted by molar-refractivity contribution is 0.332. The number of hydrogen-bond donors (Lipinski definition) is 0. The van der Waals surface area contributed by atoms with Gasteiger partial charge in [0.05, 0.1) is 27.8 Å². The lowest BCUT2D eigenvalue weighted by Crippen LogP contribution is -2.41. The predicted octanol–water partition coefficient (Wildman–Crippen LogP) is 24.6. The van der Waals surface area contributed by atoms with Crippen molar-refractivity contribution in [3.8, 4) is 11.1 Å². The number of fused-ring (bicyclic) bond motifs is 6. The van der Waals surface area contributed by atoms with Crippen molar-refractivity contribution in [1.82, 2.24) is 0 Å². The van der Waals surface area contributed by atoms with Crippen LogP contribution in [0.15, 0.2) is 151 Å². The van der Waals surface area contributed by atoms with Crippen molar-refractivity contribution in [3.63, 3.8) is 0 Å². The van der Waals surface area contributed by atoms with E-state index in [1.807, 2.05) is 11.3 Å². The third-order valence-electron chi connectivity index (χ3n) is 21.3. The Balaban J connectivity index is 1.14. The molecule has 2 nitrogen and oxygen atoms in total. The molecule has 450 valence electrons. The first-order chi connectivity index (χ1) is 40.3. The maximum atomic E-state index is 8.59. The van der Waals surface area contributed by atoms with E-state index >= 15 is 0 Å². The molecule has 0 aliphatic heterocycles. The Morgan fingerprint density at radius 1 is 0.379 bits per heavy atom. The quantitative estimate of drug-likeness (QED) is 0.157. The second-order valence-corrected chi connectivity index (χ2v) is 34.2. The van der Waals surface area contributed by atoms with Crippen molar-refractivity contribution < 1.29 is 0 Å². The van der Waals surface area contributed by atoms with E-state index in [0.29, 0.717) is 5.02 Å². The van der Waals surface area contributed by atoms with Gasteiger partial charge < -0.3 is 9.80 Å². The molecule has 9 aromatic rings. The van der Waals surface area contributed by atoms with Gasteiger partial charge in [0.1, 0.15) is 0 Å². The average molecular weight is 1190 g/mol. The fourth-order valence-electron chi connectivity index (χ4n) is 15.4. The van der Waals surface area contributed by atoms with Gasteiger partial charge in [0, 0.05) is 54.1 Å². The summed E-state index contributed by atoms with van der Waals surface area (Å²) < 4.78 is 1.26. The van der Waals surface area contributed by atoms with Gasteiger partial charge in [-0.2, -0.15) is 0 Å². The number of thiophene rings is 1. The molecule has 0 saturated carbocycles. The van der Waals surface area contributed by atoms with Crippen LogP contribution in [0.5, 0.6) is 0 Å². The van der Waals surface area contributed by atoms with Gasteiger partial charge in [-0.3, -0.25) is 0 Å². The van der Waals surface area contributed by atoms with Crippen molar-refractivity contribution in [2.75, 3.05) is 9.80 Å². The molecular formula is C83H95ClN2S. The highest BCUT2D eigenvalue weighted by Gasteiger charge is 2.48. The minimum absolute atomic E-state index is 0.00218. The lowest BCUT2D eigenvalue weighted by Gasteiger charge is -2.49. The molecule has 0 atom stereocenters. The van der Waals surface area contributed by atoms with Crippen LogP contribution in [0.25, 0.3) is 21.2 Å². The van der Waals surface area contributed by atoms with Gasteiger partial charge in [-0.15, -0.1) is 11.3 Å². The van der Waals surface area contributed by atoms with Crippen LogP contribution in [0, 0.1) is 6.92 Å². The molecule has 0 N–H and O–H groups in total. The first kappa shape index (κ1) is 60.9. The standard InChI is InChI=1S/C83H95ClN2S/c1-50-41-70(74(84)71(42-50)86(72-49-87-73-38-32-54(44-58(72)73)77(8,9)10)55-33-35-59-63(45-55)79(13,14)40-39-78(59,11)12)85(69-37-31-53(76(5,6)7)43-57(69)51-27-29-52(30-28-51)75(2,3)4)56-34-36-62-64(46-56)83(21,22)68-48-66-65(47-67(68)82(62,19)20)80(15,16)60-25-23-24-26-61(60)81(66,17)18/h23-38,41-49H,39-40H2,1-22H3. The summed E-state index contributed by atoms with van der Waals surface area (Å²) >= 11 is 10.4. The lowest BCUT2D eigenvalue weighted by atomic mass is 9.55. The molecule has 0 saturated heterocycles. The highest BCUT2D eigenvalue weighted by Crippen LogP contribution is 2.59. The summed E-state index contributed by atoms with van der Waals surface area (Å²) in [5, 5.41) is 4.30. The highest BCUT2D eigenvalue weighted by molar-refractivity contribution is 7.17. The number of rotatable bonds is 7. The summed E-state index contributed by atoms with van der Waals surface area (Å²) in [5.74, 6) is 0. The zero-order valence-electron chi connectivity index (χ0n) is 56.5. The van der Waals surface area contributed by atoms with Crippen LogP contribution < -0.4 is 9.80 Å². The third kappa shape index (κ3) is 9.85. The fraction of sp³-hybridized carbons (Fsp3) is 0.398. The second kappa shape index (κ2) is 20.1. The monoisotopic (exact) mass is 1190 g/mol. The number of nitrogens with zero attached hydrogens (tertiary/aromatic N) is 2. The molecule has 1 heterocycles. The summed E-state index contributed by atoms with van der Waals surface area (Å²) in [6.45, 7) is 52.5. The van der Waals surface area contributed by atoms with Crippen LogP contribution in [-0.2, 0) is 48.7 Å². The van der Waals surface area contributed by atoms with E-state index < -0.39 is 0 Å². The number of halogens is 1. The summed E-state index contributed by atoms with van der Waals surface area (Å²) in [7, 11) is 0. The van der Waals surface area contributed by atoms with Gasteiger partial charge in [0.2, 0.25) is 0 Å². The SMILES string of the molecule is Cc1cc(N(c2ccc3c(c2)C(C)(C)c2cc4c(cc2C3(C)C)C(C)(C)c2ccccc2C4(C)C)c2ccc(C(C)(C)C)cc2-c2ccc(C(C)(C)C)cc2)c(Cl)c(N(c2ccc3c(c2)C(C)(C)CCC3(C)C)c2csc3ccc(C(C)(C)C)cc23)c1. The molecular weight excluding hydrogens is 1090 g/mol. The van der Waals surface area contributed by atoms with Crippen LogP contribution in [0.1, 0.15) is 236 Å². The Labute approximate surface area is 532 Å². The van der Waals surface area contributed by atoms with Crippen LogP contribution in [0.2, 0.25) is 5.02 Å². The van der Waals surface area contributed by atoms with Crippen LogP contribution >= 0.6 is 22.9 Å². The summed E-state index contributed by atoms with van der Waals surface area (Å²) in [6.07, 6.45) is 2.28. The minimum atomic E-state index is -0.366. The van der Waals surface area contributed by atoms with Gasteiger partial charge in [0.15, 0.2) is 0 Å². The topological polar surface area (TPSA) is 6.48 Å². The van der Waals surface area contributed by atoms with E-state index in [9.17, 15) is 0 Å². The molecule has 8 aromatic carbocycles. The van der Waals surface area contributed by atoms with Gasteiger partial charge in [-0.25, -0.2) is 0 Å². The van der Waals surface area contributed by atoms with Gasteiger partial charge in [-0.1, -0.05) is 242 Å². The van der Waals surface area contributed by atoms with Crippen molar-refractivity contribution in [2.45, 2.75) is 214 Å². The van der Waals surface area contributed by atoms with E-state index in [1.165, 1.54) is 88.0 Å². The van der Waals surface area contributed by atoms with Crippen molar-refractivity contribution in [3.05, 3.63) is 234 Å². The number of aryl methyl sites for hydroxylation is 1. The zero-order chi connectivity index (χ0) is 62.9. The normalized spacial score (nSPS) is 17.6. The second-order valence-electron chi connectivity index (χ2n) is 32.9. The maximum Gasteiger partial charge on any atom is 0.0887 e. The minimum Gasteiger partial charge on any atom is -0.308 e. The third-order valence-corrected chi connectivity index (χ3v) is 22.7. The van der Waals surface area contributed by atoms with Crippen molar-refractivity contribution in [2.24, 2.45) is 0 Å². The molecule has 0 radical (unpaired) electrons. The molecule has 4 heteroatoms. The Morgan fingerprint density at radius 2 is 0.793 bits per heavy atom. The highest BCUT2D eigenvalue weighted by atomic mass is 35.5. The Bertz CT molecular complexity index is 4240. The van der Waals surface area contributed by atoms with E-state index in [1.54, 1.807) is 0 Å². The molecule has 0 amide bonds. The molecule has 87 heavy (non-hydrogen) atoms. The van der Waals surface area contributed by atoms with Crippen molar-refractivity contribution in [1.29, 1.82) is 0 Å². The van der Waals surface area contributed by atoms with Gasteiger partial charge >= 0.3 is 0 Å². The van der Waals surface area contributed by atoms with E-state index in [4.69, 9.17) is 11.6 Å². The molecule has 0 spiro atoms. The summed E-state index contributed by atoms with van der Waals surface area (Å²) in [5.41, 5.74) is 26.7. The molecule has 12 rings (SSSR count). The fourth-order valence-corrected chi connectivity index (χ4v) is 16.6. The zero-order valence-corrected chi connectivity index (χ0v) is 58.1. The van der Waals surface area contributed by atoms with E-state index in [0.717, 1.165) is 58.1 Å². The average Bonchev–Trinajstić information content (AvgIpc) is 1.01. The first-order valence-electron chi connectivity index (χ1n) is 32.1. The molecule has 1 aromatic heterocycles. The van der Waals surface area contributed by atoms with E-state index in [2.05, 4.69) is 313 Å². The molecule has 3 aliphatic rings. The summed E-state index contributed by atoms with van der Waals surface area (Å²) in [4.78, 5) is 5.03. The Hall–Kier alpha value is -6.39. The molecule has 0 fully saturated rings. The molecule has 3 aliphatic carbocycles. The van der Waals surface area contributed by atoms with Gasteiger partial charge in [0.25, 0.3) is 0 Å².